The Hall–Kier alpha value is -3.23. The van der Waals surface area contributed by atoms with E-state index < -0.39 is 5.67 Å². The van der Waals surface area contributed by atoms with E-state index in [1.54, 1.807) is 19.3 Å². The highest BCUT2D eigenvalue weighted by Crippen LogP contribution is 2.35. The second kappa shape index (κ2) is 7.79. The van der Waals surface area contributed by atoms with Gasteiger partial charge in [0.2, 0.25) is 5.91 Å². The number of carbonyl (C=O) groups excluding carboxylic acids is 2. The Balaban J connectivity index is 1.63. The fraction of sp³-hybridized carbons (Fsp3) is 0.455. The van der Waals surface area contributed by atoms with Crippen LogP contribution in [0.5, 0.6) is 5.75 Å². The standard InChI is InChI=1S/C22H26FN5O3/c1-14(2)20(29)28-6-5-16(10-18(28)24-4)27-7-8-31-17-9-15(11-25-19(17)27)21(30)26-12-22(3,23)13-26/h5-6,9-11,14H,7-8,12-13H2,1-4H3/b24-18-. The molecule has 0 N–H and O–H groups in total. The van der Waals surface area contributed by atoms with Crippen molar-refractivity contribution in [3.05, 3.63) is 41.6 Å². The minimum absolute atomic E-state index is 0.0359. The van der Waals surface area contributed by atoms with Crippen LogP contribution in [0.1, 0.15) is 35.9 Å². The summed E-state index contributed by atoms with van der Waals surface area (Å²) < 4.78 is 21.1. The van der Waals surface area contributed by atoms with E-state index in [0.29, 0.717) is 35.8 Å². The van der Waals surface area contributed by atoms with Crippen molar-refractivity contribution in [1.82, 2.24) is 14.5 Å². The minimum Gasteiger partial charge on any atom is -0.488 e. The molecule has 31 heavy (non-hydrogen) atoms. The number of halogens is 1. The fourth-order valence-electron chi connectivity index (χ4n) is 3.83. The molecule has 9 heteroatoms. The molecule has 1 saturated heterocycles. The van der Waals surface area contributed by atoms with Crippen molar-refractivity contribution in [3.63, 3.8) is 0 Å². The molecule has 2 aliphatic rings. The zero-order valence-corrected chi connectivity index (χ0v) is 18.1. The van der Waals surface area contributed by atoms with Gasteiger partial charge in [0.25, 0.3) is 5.91 Å². The van der Waals surface area contributed by atoms with Gasteiger partial charge in [-0.25, -0.2) is 9.37 Å². The van der Waals surface area contributed by atoms with Gasteiger partial charge in [-0.2, -0.15) is 0 Å². The fourth-order valence-corrected chi connectivity index (χ4v) is 3.83. The highest BCUT2D eigenvalue weighted by molar-refractivity contribution is 5.95. The molecule has 0 spiro atoms. The maximum absolute atomic E-state index is 13.8. The third-order valence-corrected chi connectivity index (χ3v) is 5.43. The summed E-state index contributed by atoms with van der Waals surface area (Å²) >= 11 is 0. The Labute approximate surface area is 180 Å². The molecule has 0 atom stereocenters. The number of alkyl halides is 1. The molecule has 0 unspecified atom stereocenters. The first-order valence-electron chi connectivity index (χ1n) is 10.3. The van der Waals surface area contributed by atoms with Crippen molar-refractivity contribution >= 4 is 23.3 Å². The number of rotatable bonds is 3. The Morgan fingerprint density at radius 2 is 2.03 bits per heavy atom. The molecule has 0 aromatic carbocycles. The van der Waals surface area contributed by atoms with Gasteiger partial charge in [0.05, 0.1) is 25.2 Å². The molecule has 0 aliphatic carbocycles. The summed E-state index contributed by atoms with van der Waals surface area (Å²) in [6.07, 6.45) is 3.21. The van der Waals surface area contributed by atoms with Crippen LogP contribution in [0, 0.1) is 5.92 Å². The van der Waals surface area contributed by atoms with Gasteiger partial charge in [-0.3, -0.25) is 19.1 Å². The Bertz CT molecular complexity index is 1100. The molecule has 4 rings (SSSR count). The molecule has 4 heterocycles. The molecule has 1 amide bonds. The first kappa shape index (κ1) is 21.0. The van der Waals surface area contributed by atoms with Crippen LogP contribution in [0.2, 0.25) is 0 Å². The number of nitrogens with zero attached hydrogens (tertiary/aromatic N) is 5. The van der Waals surface area contributed by atoms with Crippen LogP contribution in [0.3, 0.4) is 0 Å². The van der Waals surface area contributed by atoms with Crippen LogP contribution in [-0.4, -0.2) is 65.2 Å². The summed E-state index contributed by atoms with van der Waals surface area (Å²) in [7, 11) is 1.64. The maximum Gasteiger partial charge on any atom is 0.255 e. The molecule has 164 valence electrons. The van der Waals surface area contributed by atoms with Crippen LogP contribution in [0.25, 0.3) is 0 Å². The van der Waals surface area contributed by atoms with Crippen molar-refractivity contribution in [3.8, 4) is 5.75 Å². The molecular weight excluding hydrogens is 401 g/mol. The van der Waals surface area contributed by atoms with E-state index in [0.717, 1.165) is 5.69 Å². The maximum atomic E-state index is 13.8. The van der Waals surface area contributed by atoms with E-state index in [4.69, 9.17) is 4.74 Å². The van der Waals surface area contributed by atoms with Gasteiger partial charge in [0.1, 0.15) is 17.8 Å². The lowest BCUT2D eigenvalue weighted by atomic mass is 9.98. The number of ether oxygens (including phenoxy) is 1. The number of pyridine rings is 2. The first-order valence-corrected chi connectivity index (χ1v) is 10.3. The Kier molecular flexibility index (Phi) is 5.28. The van der Waals surface area contributed by atoms with Crippen LogP contribution >= 0.6 is 0 Å². The number of aromatic nitrogens is 2. The largest absolute Gasteiger partial charge is 0.488 e. The second-order valence-corrected chi connectivity index (χ2v) is 8.45. The summed E-state index contributed by atoms with van der Waals surface area (Å²) in [5, 5.41) is 0. The van der Waals surface area contributed by atoms with Gasteiger partial charge in [0, 0.05) is 37.1 Å². The molecule has 0 radical (unpaired) electrons. The monoisotopic (exact) mass is 427 g/mol. The molecular formula is C22H26FN5O3. The van der Waals surface area contributed by atoms with Crippen molar-refractivity contribution in [2.24, 2.45) is 10.9 Å². The summed E-state index contributed by atoms with van der Waals surface area (Å²) in [4.78, 5) is 37.2. The molecule has 8 nitrogen and oxygen atoms in total. The third kappa shape index (κ3) is 3.92. The van der Waals surface area contributed by atoms with Crippen molar-refractivity contribution in [2.75, 3.05) is 38.2 Å². The number of likely N-dealkylation sites (tertiary alicyclic amines) is 1. The molecule has 2 aliphatic heterocycles. The van der Waals surface area contributed by atoms with Gasteiger partial charge < -0.3 is 14.5 Å². The summed E-state index contributed by atoms with van der Waals surface area (Å²) in [6, 6.07) is 5.33. The number of carbonyl (C=O) groups is 2. The molecule has 0 saturated carbocycles. The van der Waals surface area contributed by atoms with Crippen molar-refractivity contribution in [2.45, 2.75) is 26.4 Å². The van der Waals surface area contributed by atoms with E-state index in [2.05, 4.69) is 9.98 Å². The number of hydrogen-bond donors (Lipinski definition) is 0. The number of amides is 1. The SMILES string of the molecule is C/N=c1/cc(N2CCOc3cc(C(=O)N4CC(C)(F)C4)cnc32)ccn1C(=O)C(C)C. The highest BCUT2D eigenvalue weighted by Gasteiger charge is 2.42. The smallest absolute Gasteiger partial charge is 0.255 e. The lowest BCUT2D eigenvalue weighted by Crippen LogP contribution is -2.59. The summed E-state index contributed by atoms with van der Waals surface area (Å²) in [5.74, 6) is 0.624. The Morgan fingerprint density at radius 1 is 1.29 bits per heavy atom. The van der Waals surface area contributed by atoms with Crippen LogP contribution in [0.4, 0.5) is 15.9 Å². The van der Waals surface area contributed by atoms with E-state index in [-0.39, 0.29) is 30.8 Å². The van der Waals surface area contributed by atoms with E-state index in [1.807, 2.05) is 30.9 Å². The number of fused-ring (bicyclic) bond motifs is 1. The van der Waals surface area contributed by atoms with Gasteiger partial charge >= 0.3 is 0 Å². The normalized spacial score (nSPS) is 17.8. The minimum atomic E-state index is -1.33. The summed E-state index contributed by atoms with van der Waals surface area (Å²) in [6.45, 7) is 6.31. The van der Waals surface area contributed by atoms with Crippen LogP contribution in [0.15, 0.2) is 35.6 Å². The molecule has 2 aromatic heterocycles. The van der Waals surface area contributed by atoms with Crippen molar-refractivity contribution < 1.29 is 18.7 Å². The third-order valence-electron chi connectivity index (χ3n) is 5.43. The first-order chi connectivity index (χ1) is 14.7. The van der Waals surface area contributed by atoms with Crippen LogP contribution in [-0.2, 0) is 0 Å². The van der Waals surface area contributed by atoms with Crippen molar-refractivity contribution in [1.29, 1.82) is 0 Å². The lowest BCUT2D eigenvalue weighted by molar-refractivity contribution is -0.00790. The van der Waals surface area contributed by atoms with E-state index in [9.17, 15) is 14.0 Å². The number of hydrogen-bond acceptors (Lipinski definition) is 6. The van der Waals surface area contributed by atoms with Gasteiger partial charge in [0.15, 0.2) is 11.6 Å². The predicted molar refractivity (Wildman–Crippen MR) is 114 cm³/mol. The molecule has 0 bridgehead atoms. The van der Waals surface area contributed by atoms with Gasteiger partial charge in [-0.1, -0.05) is 13.8 Å². The molecule has 1 fully saturated rings. The lowest BCUT2D eigenvalue weighted by Gasteiger charge is -2.42. The Morgan fingerprint density at radius 3 is 2.68 bits per heavy atom. The summed E-state index contributed by atoms with van der Waals surface area (Å²) in [5.41, 5.74) is 0.408. The topological polar surface area (TPSA) is 80.0 Å². The number of anilines is 2. The van der Waals surface area contributed by atoms with Crippen LogP contribution < -0.4 is 15.1 Å². The van der Waals surface area contributed by atoms with Gasteiger partial charge in [-0.15, -0.1) is 0 Å². The zero-order valence-electron chi connectivity index (χ0n) is 18.1. The zero-order chi connectivity index (χ0) is 22.3. The van der Waals surface area contributed by atoms with E-state index in [1.165, 1.54) is 22.6 Å². The average molecular weight is 427 g/mol. The van der Waals surface area contributed by atoms with E-state index >= 15 is 0 Å². The predicted octanol–water partition coefficient (Wildman–Crippen LogP) is 2.42. The highest BCUT2D eigenvalue weighted by atomic mass is 19.1. The average Bonchev–Trinajstić information content (AvgIpc) is 2.75. The molecule has 2 aromatic rings. The second-order valence-electron chi connectivity index (χ2n) is 8.45. The van der Waals surface area contributed by atoms with Gasteiger partial charge in [-0.05, 0) is 19.1 Å². The quantitative estimate of drug-likeness (QED) is 0.752.